The van der Waals surface area contributed by atoms with Crippen LogP contribution in [0.3, 0.4) is 0 Å². The Morgan fingerprint density at radius 3 is 1.60 bits per heavy atom. The first-order chi connectivity index (χ1) is 14.5. The Kier molecular flexibility index (Phi) is 9.25. The fourth-order valence-electron chi connectivity index (χ4n) is 4.23. The zero-order valence-corrected chi connectivity index (χ0v) is 18.7. The number of likely N-dealkylation sites (tertiary alicyclic amines) is 2. The van der Waals surface area contributed by atoms with Gasteiger partial charge in [-0.15, -0.1) is 0 Å². The van der Waals surface area contributed by atoms with E-state index in [4.69, 9.17) is 9.47 Å². The Balaban J connectivity index is 1.35. The molecule has 170 valence electrons. The van der Waals surface area contributed by atoms with Crippen LogP contribution in [0.1, 0.15) is 39.5 Å². The Bertz CT molecular complexity index is 564. The third kappa shape index (κ3) is 8.06. The van der Waals surface area contributed by atoms with Crippen LogP contribution in [0.4, 0.5) is 0 Å². The Morgan fingerprint density at radius 2 is 1.20 bits per heavy atom. The van der Waals surface area contributed by atoms with E-state index in [1.165, 1.54) is 25.7 Å². The summed E-state index contributed by atoms with van der Waals surface area (Å²) >= 11 is 0. The minimum Gasteiger partial charge on any atom is -0.491 e. The fraction of sp³-hybridized carbons (Fsp3) is 0.750. The molecule has 0 aromatic heterocycles. The number of piperidine rings is 2. The summed E-state index contributed by atoms with van der Waals surface area (Å²) < 4.78 is 11.6. The molecule has 2 aliphatic rings. The molecule has 2 unspecified atom stereocenters. The van der Waals surface area contributed by atoms with E-state index in [0.29, 0.717) is 24.6 Å². The molecule has 30 heavy (non-hydrogen) atoms. The molecule has 0 saturated carbocycles. The van der Waals surface area contributed by atoms with Gasteiger partial charge < -0.3 is 29.5 Å². The monoisotopic (exact) mass is 420 g/mol. The van der Waals surface area contributed by atoms with Crippen LogP contribution in [0, 0.1) is 11.8 Å². The highest BCUT2D eigenvalue weighted by molar-refractivity contribution is 5.33. The van der Waals surface area contributed by atoms with Gasteiger partial charge in [0, 0.05) is 19.2 Å². The van der Waals surface area contributed by atoms with Crippen molar-refractivity contribution in [2.75, 3.05) is 52.5 Å². The number of β-amino-alcohol motifs (C(OH)–C–C–N with tert-alkyl or cyclic N) is 2. The fourth-order valence-corrected chi connectivity index (χ4v) is 4.23. The normalized spacial score (nSPS) is 22.0. The van der Waals surface area contributed by atoms with E-state index in [1.54, 1.807) is 0 Å². The van der Waals surface area contributed by atoms with E-state index >= 15 is 0 Å². The van der Waals surface area contributed by atoms with E-state index in [2.05, 4.69) is 23.6 Å². The van der Waals surface area contributed by atoms with Gasteiger partial charge in [0.05, 0.1) is 0 Å². The first-order valence-corrected chi connectivity index (χ1v) is 11.6. The largest absolute Gasteiger partial charge is 0.491 e. The summed E-state index contributed by atoms with van der Waals surface area (Å²) in [5.41, 5.74) is 0. The van der Waals surface area contributed by atoms with E-state index in [9.17, 15) is 10.2 Å². The zero-order chi connectivity index (χ0) is 21.3. The molecule has 6 nitrogen and oxygen atoms in total. The van der Waals surface area contributed by atoms with E-state index < -0.39 is 12.2 Å². The van der Waals surface area contributed by atoms with Crippen molar-refractivity contribution >= 4 is 0 Å². The molecule has 0 radical (unpaired) electrons. The van der Waals surface area contributed by atoms with Crippen LogP contribution in [0.5, 0.6) is 11.5 Å². The van der Waals surface area contributed by atoms with Crippen molar-refractivity contribution in [3.8, 4) is 11.5 Å². The predicted molar refractivity (Wildman–Crippen MR) is 119 cm³/mol. The van der Waals surface area contributed by atoms with Crippen molar-refractivity contribution < 1.29 is 19.7 Å². The van der Waals surface area contributed by atoms with Gasteiger partial charge in [-0.3, -0.25) is 0 Å². The zero-order valence-electron chi connectivity index (χ0n) is 18.7. The van der Waals surface area contributed by atoms with Crippen molar-refractivity contribution in [2.24, 2.45) is 11.8 Å². The lowest BCUT2D eigenvalue weighted by Crippen LogP contribution is -2.40. The van der Waals surface area contributed by atoms with Gasteiger partial charge in [0.15, 0.2) is 0 Å². The van der Waals surface area contributed by atoms with Crippen LogP contribution >= 0.6 is 0 Å². The highest BCUT2D eigenvalue weighted by Gasteiger charge is 2.20. The standard InChI is InChI=1S/C24H40N2O4/c1-19-6-10-25(11-7-19)15-21(27)17-29-23-4-3-5-24(14-23)30-18-22(28)16-26-12-8-20(2)9-13-26/h3-5,14,19-22,27-28H,6-13,15-18H2,1-2H3. The molecular weight excluding hydrogens is 380 g/mol. The molecular formula is C24H40N2O4. The van der Waals surface area contributed by atoms with Crippen LogP contribution < -0.4 is 9.47 Å². The van der Waals surface area contributed by atoms with E-state index in [0.717, 1.165) is 38.0 Å². The Hall–Kier alpha value is -1.34. The Labute approximate surface area is 181 Å². The second kappa shape index (κ2) is 11.9. The van der Waals surface area contributed by atoms with Crippen LogP contribution in [0.15, 0.2) is 24.3 Å². The summed E-state index contributed by atoms with van der Waals surface area (Å²) in [7, 11) is 0. The van der Waals surface area contributed by atoms with Crippen LogP contribution in [-0.2, 0) is 0 Å². The molecule has 0 amide bonds. The van der Waals surface area contributed by atoms with Crippen molar-refractivity contribution in [2.45, 2.75) is 51.7 Å². The maximum atomic E-state index is 10.3. The van der Waals surface area contributed by atoms with Gasteiger partial charge in [-0.25, -0.2) is 0 Å². The molecule has 1 aromatic carbocycles. The van der Waals surface area contributed by atoms with Crippen molar-refractivity contribution in [3.63, 3.8) is 0 Å². The molecule has 3 rings (SSSR count). The maximum Gasteiger partial charge on any atom is 0.123 e. The average molecular weight is 421 g/mol. The van der Waals surface area contributed by atoms with E-state index in [-0.39, 0.29) is 13.2 Å². The Morgan fingerprint density at radius 1 is 0.800 bits per heavy atom. The molecule has 2 heterocycles. The predicted octanol–water partition coefficient (Wildman–Crippen LogP) is 2.63. The number of ether oxygens (including phenoxy) is 2. The number of hydrogen-bond acceptors (Lipinski definition) is 6. The van der Waals surface area contributed by atoms with Crippen LogP contribution in [0.2, 0.25) is 0 Å². The second-order valence-electron chi connectivity index (χ2n) is 9.37. The van der Waals surface area contributed by atoms with Crippen LogP contribution in [-0.4, -0.2) is 84.7 Å². The van der Waals surface area contributed by atoms with Crippen LogP contribution in [0.25, 0.3) is 0 Å². The highest BCUT2D eigenvalue weighted by atomic mass is 16.5. The van der Waals surface area contributed by atoms with Gasteiger partial charge in [-0.2, -0.15) is 0 Å². The number of hydrogen-bond donors (Lipinski definition) is 2. The highest BCUT2D eigenvalue weighted by Crippen LogP contribution is 2.21. The lowest BCUT2D eigenvalue weighted by molar-refractivity contribution is 0.0542. The maximum absolute atomic E-state index is 10.3. The molecule has 2 fully saturated rings. The molecule has 2 atom stereocenters. The minimum atomic E-state index is -0.503. The number of rotatable bonds is 10. The van der Waals surface area contributed by atoms with Gasteiger partial charge in [0.2, 0.25) is 0 Å². The number of benzene rings is 1. The van der Waals surface area contributed by atoms with Crippen molar-refractivity contribution in [1.29, 1.82) is 0 Å². The molecule has 0 spiro atoms. The second-order valence-corrected chi connectivity index (χ2v) is 9.37. The molecule has 2 aliphatic heterocycles. The molecule has 0 aliphatic carbocycles. The molecule has 0 bridgehead atoms. The van der Waals surface area contributed by atoms with E-state index in [1.807, 2.05) is 24.3 Å². The number of nitrogens with zero attached hydrogens (tertiary/aromatic N) is 2. The van der Waals surface area contributed by atoms with Crippen molar-refractivity contribution in [3.05, 3.63) is 24.3 Å². The summed E-state index contributed by atoms with van der Waals surface area (Å²) in [5.74, 6) is 2.94. The summed E-state index contributed by atoms with van der Waals surface area (Å²) in [6, 6.07) is 7.44. The first kappa shape index (κ1) is 23.3. The molecule has 2 N–H and O–H groups in total. The van der Waals surface area contributed by atoms with Gasteiger partial charge in [-0.1, -0.05) is 19.9 Å². The molecule has 6 heteroatoms. The summed E-state index contributed by atoms with van der Waals surface area (Å²) in [6.45, 7) is 10.7. The van der Waals surface area contributed by atoms with Gasteiger partial charge in [0.1, 0.15) is 36.9 Å². The summed E-state index contributed by atoms with van der Waals surface area (Å²) in [4.78, 5) is 4.63. The minimum absolute atomic E-state index is 0.269. The average Bonchev–Trinajstić information content (AvgIpc) is 2.74. The summed E-state index contributed by atoms with van der Waals surface area (Å²) in [5, 5.41) is 20.6. The van der Waals surface area contributed by atoms with Crippen molar-refractivity contribution in [1.82, 2.24) is 9.80 Å². The molecule has 1 aromatic rings. The topological polar surface area (TPSA) is 65.4 Å². The van der Waals surface area contributed by atoms with Gasteiger partial charge >= 0.3 is 0 Å². The van der Waals surface area contributed by atoms with Gasteiger partial charge in [-0.05, 0) is 75.8 Å². The number of aliphatic hydroxyl groups excluding tert-OH is 2. The number of aliphatic hydroxyl groups is 2. The lowest BCUT2D eigenvalue weighted by atomic mass is 9.99. The SMILES string of the molecule is CC1CCN(CC(O)COc2cccc(OCC(O)CN3CCC(C)CC3)c2)CC1. The smallest absolute Gasteiger partial charge is 0.123 e. The quantitative estimate of drug-likeness (QED) is 0.607. The van der Waals surface area contributed by atoms with Gasteiger partial charge in [0.25, 0.3) is 0 Å². The first-order valence-electron chi connectivity index (χ1n) is 11.6. The summed E-state index contributed by atoms with van der Waals surface area (Å²) in [6.07, 6.45) is 3.81. The third-order valence-electron chi connectivity index (χ3n) is 6.38. The third-order valence-corrected chi connectivity index (χ3v) is 6.38. The lowest BCUT2D eigenvalue weighted by Gasteiger charge is -2.31. The molecule has 2 saturated heterocycles.